The van der Waals surface area contributed by atoms with Crippen molar-refractivity contribution in [2.75, 3.05) is 27.3 Å². The Hall–Kier alpha value is -0.450. The van der Waals surface area contributed by atoms with Crippen molar-refractivity contribution < 1.29 is 9.13 Å². The first-order valence-corrected chi connectivity index (χ1v) is 5.54. The Balaban J connectivity index is 2.53. The van der Waals surface area contributed by atoms with Gasteiger partial charge in [-0.3, -0.25) is 4.90 Å². The molecule has 0 bridgehead atoms. The van der Waals surface area contributed by atoms with Crippen LogP contribution in [0.25, 0.3) is 0 Å². The molecule has 0 amide bonds. The molecule has 0 heterocycles. The molecule has 2 nitrogen and oxygen atoms in total. The van der Waals surface area contributed by atoms with Crippen LogP contribution < -0.4 is 0 Å². The second-order valence-corrected chi connectivity index (χ2v) is 4.33. The zero-order valence-electron chi connectivity index (χ0n) is 8.96. The molecule has 1 aromatic rings. The maximum atomic E-state index is 13.0. The van der Waals surface area contributed by atoms with Gasteiger partial charge in [0.05, 0.1) is 11.1 Å². The molecule has 0 N–H and O–H groups in total. The standard InChI is InChI=1S/C11H15BrFNO/c1-14(5-6-15-2)8-9-3-4-11(13)10(12)7-9/h3-4,7H,5-6,8H2,1-2H3. The third-order valence-corrected chi connectivity index (χ3v) is 2.72. The van der Waals surface area contributed by atoms with Crippen LogP contribution in [0.4, 0.5) is 4.39 Å². The highest BCUT2D eigenvalue weighted by Crippen LogP contribution is 2.17. The van der Waals surface area contributed by atoms with Gasteiger partial charge in [-0.2, -0.15) is 0 Å². The summed E-state index contributed by atoms with van der Waals surface area (Å²) in [6, 6.07) is 5.08. The molecule has 0 aliphatic carbocycles. The van der Waals surface area contributed by atoms with E-state index >= 15 is 0 Å². The lowest BCUT2D eigenvalue weighted by atomic mass is 10.2. The summed E-state index contributed by atoms with van der Waals surface area (Å²) in [5.41, 5.74) is 1.09. The van der Waals surface area contributed by atoms with Crippen molar-refractivity contribution in [2.45, 2.75) is 6.54 Å². The number of likely N-dealkylation sites (N-methyl/N-ethyl adjacent to an activating group) is 1. The van der Waals surface area contributed by atoms with Gasteiger partial charge in [0, 0.05) is 20.2 Å². The molecule has 0 aliphatic rings. The van der Waals surface area contributed by atoms with Crippen LogP contribution in [-0.2, 0) is 11.3 Å². The lowest BCUT2D eigenvalue weighted by Crippen LogP contribution is -2.22. The van der Waals surface area contributed by atoms with Gasteiger partial charge in [0.25, 0.3) is 0 Å². The number of rotatable bonds is 5. The van der Waals surface area contributed by atoms with E-state index in [4.69, 9.17) is 4.74 Å². The van der Waals surface area contributed by atoms with Gasteiger partial charge in [-0.1, -0.05) is 6.07 Å². The second-order valence-electron chi connectivity index (χ2n) is 3.48. The number of halogens is 2. The summed E-state index contributed by atoms with van der Waals surface area (Å²) < 4.78 is 18.5. The Labute approximate surface area is 98.2 Å². The Kier molecular flexibility index (Phi) is 5.22. The third kappa shape index (κ3) is 4.28. The fourth-order valence-electron chi connectivity index (χ4n) is 1.28. The maximum absolute atomic E-state index is 13.0. The van der Waals surface area contributed by atoms with Gasteiger partial charge >= 0.3 is 0 Å². The van der Waals surface area contributed by atoms with Gasteiger partial charge in [0.1, 0.15) is 5.82 Å². The van der Waals surface area contributed by atoms with E-state index in [1.807, 2.05) is 7.05 Å². The normalized spacial score (nSPS) is 11.0. The second kappa shape index (κ2) is 6.20. The first-order chi connectivity index (χ1) is 7.13. The first-order valence-electron chi connectivity index (χ1n) is 4.75. The molecule has 0 saturated carbocycles. The van der Waals surface area contributed by atoms with E-state index < -0.39 is 0 Å². The zero-order chi connectivity index (χ0) is 11.3. The van der Waals surface area contributed by atoms with E-state index in [-0.39, 0.29) is 5.82 Å². The number of ether oxygens (including phenoxy) is 1. The third-order valence-electron chi connectivity index (χ3n) is 2.11. The van der Waals surface area contributed by atoms with E-state index in [9.17, 15) is 4.39 Å². The van der Waals surface area contributed by atoms with Crippen LogP contribution in [0.5, 0.6) is 0 Å². The van der Waals surface area contributed by atoms with Crippen LogP contribution in [0.2, 0.25) is 0 Å². The zero-order valence-corrected chi connectivity index (χ0v) is 10.6. The number of hydrogen-bond acceptors (Lipinski definition) is 2. The van der Waals surface area contributed by atoms with Gasteiger partial charge in [0.15, 0.2) is 0 Å². The van der Waals surface area contributed by atoms with E-state index in [1.165, 1.54) is 6.07 Å². The molecule has 0 aliphatic heterocycles. The van der Waals surface area contributed by atoms with E-state index in [1.54, 1.807) is 19.2 Å². The average Bonchev–Trinajstić information content (AvgIpc) is 2.20. The van der Waals surface area contributed by atoms with Crippen LogP contribution in [0, 0.1) is 5.82 Å². The molecule has 0 radical (unpaired) electrons. The molecule has 0 atom stereocenters. The van der Waals surface area contributed by atoms with Gasteiger partial charge in [-0.25, -0.2) is 4.39 Å². The molecule has 0 unspecified atom stereocenters. The summed E-state index contributed by atoms with van der Waals surface area (Å²) in [6.07, 6.45) is 0. The SMILES string of the molecule is COCCN(C)Cc1ccc(F)c(Br)c1. The Morgan fingerprint density at radius 3 is 2.80 bits per heavy atom. The van der Waals surface area contributed by atoms with E-state index in [2.05, 4.69) is 20.8 Å². The lowest BCUT2D eigenvalue weighted by molar-refractivity contribution is 0.158. The summed E-state index contributed by atoms with van der Waals surface area (Å²) in [5.74, 6) is -0.224. The first kappa shape index (κ1) is 12.6. The van der Waals surface area contributed by atoms with Crippen molar-refractivity contribution >= 4 is 15.9 Å². The predicted molar refractivity (Wildman–Crippen MR) is 62.3 cm³/mol. The van der Waals surface area contributed by atoms with Crippen LogP contribution in [-0.4, -0.2) is 32.2 Å². The summed E-state index contributed by atoms with van der Waals surface area (Å²) in [7, 11) is 3.69. The molecular weight excluding hydrogens is 261 g/mol. The van der Waals surface area contributed by atoms with Crippen molar-refractivity contribution in [1.82, 2.24) is 4.90 Å². The highest BCUT2D eigenvalue weighted by Gasteiger charge is 2.03. The minimum atomic E-state index is -0.224. The van der Waals surface area contributed by atoms with Crippen molar-refractivity contribution in [3.8, 4) is 0 Å². The smallest absolute Gasteiger partial charge is 0.137 e. The van der Waals surface area contributed by atoms with Crippen molar-refractivity contribution in [3.63, 3.8) is 0 Å². The molecular formula is C11H15BrFNO. The van der Waals surface area contributed by atoms with Crippen molar-refractivity contribution in [2.24, 2.45) is 0 Å². The highest BCUT2D eigenvalue weighted by molar-refractivity contribution is 9.10. The van der Waals surface area contributed by atoms with Crippen molar-refractivity contribution in [3.05, 3.63) is 34.1 Å². The molecule has 84 valence electrons. The molecule has 0 aromatic heterocycles. The fourth-order valence-corrected chi connectivity index (χ4v) is 1.70. The molecule has 0 fully saturated rings. The summed E-state index contributed by atoms with van der Waals surface area (Å²) in [4.78, 5) is 2.13. The van der Waals surface area contributed by atoms with Crippen LogP contribution in [0.3, 0.4) is 0 Å². The molecule has 1 rings (SSSR count). The molecule has 0 saturated heterocycles. The van der Waals surface area contributed by atoms with E-state index in [0.717, 1.165) is 18.7 Å². The molecule has 1 aromatic carbocycles. The fraction of sp³-hybridized carbons (Fsp3) is 0.455. The van der Waals surface area contributed by atoms with Gasteiger partial charge in [-0.05, 0) is 40.7 Å². The predicted octanol–water partition coefficient (Wildman–Crippen LogP) is 2.67. The maximum Gasteiger partial charge on any atom is 0.137 e. The monoisotopic (exact) mass is 275 g/mol. The van der Waals surface area contributed by atoms with Crippen LogP contribution in [0.1, 0.15) is 5.56 Å². The average molecular weight is 276 g/mol. The number of benzene rings is 1. The highest BCUT2D eigenvalue weighted by atomic mass is 79.9. The topological polar surface area (TPSA) is 12.5 Å². The quantitative estimate of drug-likeness (QED) is 0.819. The van der Waals surface area contributed by atoms with Gasteiger partial charge < -0.3 is 4.74 Å². The van der Waals surface area contributed by atoms with Crippen molar-refractivity contribution in [1.29, 1.82) is 0 Å². The van der Waals surface area contributed by atoms with Gasteiger partial charge in [-0.15, -0.1) is 0 Å². The van der Waals surface area contributed by atoms with Crippen LogP contribution in [0.15, 0.2) is 22.7 Å². The molecule has 4 heteroatoms. The van der Waals surface area contributed by atoms with Crippen LogP contribution >= 0.6 is 15.9 Å². The Morgan fingerprint density at radius 2 is 2.20 bits per heavy atom. The Morgan fingerprint density at radius 1 is 1.47 bits per heavy atom. The number of methoxy groups -OCH3 is 1. The largest absolute Gasteiger partial charge is 0.383 e. The lowest BCUT2D eigenvalue weighted by Gasteiger charge is -2.16. The summed E-state index contributed by atoms with van der Waals surface area (Å²) >= 11 is 3.17. The number of nitrogens with zero attached hydrogens (tertiary/aromatic N) is 1. The summed E-state index contributed by atoms with van der Waals surface area (Å²) in [6.45, 7) is 2.37. The summed E-state index contributed by atoms with van der Waals surface area (Å²) in [5, 5.41) is 0. The van der Waals surface area contributed by atoms with E-state index in [0.29, 0.717) is 11.1 Å². The minimum absolute atomic E-state index is 0.224. The minimum Gasteiger partial charge on any atom is -0.383 e. The van der Waals surface area contributed by atoms with Gasteiger partial charge in [0.2, 0.25) is 0 Å². The molecule has 0 spiro atoms. The Bertz CT molecular complexity index is 319. The number of hydrogen-bond donors (Lipinski definition) is 0. The molecule has 15 heavy (non-hydrogen) atoms.